The van der Waals surface area contributed by atoms with Crippen LogP contribution in [0.3, 0.4) is 0 Å². The predicted molar refractivity (Wildman–Crippen MR) is 58.4 cm³/mol. The quantitative estimate of drug-likeness (QED) is 0.794. The van der Waals surface area contributed by atoms with E-state index < -0.39 is 0 Å². The molecule has 1 heterocycles. The molecule has 0 bridgehead atoms. The largest absolute Gasteiger partial charge is 0.328 e. The fourth-order valence-corrected chi connectivity index (χ4v) is 1.73. The molecule has 1 amide bonds. The van der Waals surface area contributed by atoms with Crippen molar-refractivity contribution in [3.8, 4) is 0 Å². The second-order valence-electron chi connectivity index (χ2n) is 3.23. The summed E-state index contributed by atoms with van der Waals surface area (Å²) in [6.07, 6.45) is 1.22. The lowest BCUT2D eigenvalue weighted by atomic mass is 10.2. The summed E-state index contributed by atoms with van der Waals surface area (Å²) in [7, 11) is 0. The Labute approximate surface area is 87.5 Å². The van der Waals surface area contributed by atoms with Gasteiger partial charge in [0.25, 0.3) is 0 Å². The highest BCUT2D eigenvalue weighted by molar-refractivity contribution is 7.13. The molecule has 0 saturated heterocycles. The van der Waals surface area contributed by atoms with Crippen LogP contribution in [0.2, 0.25) is 0 Å². The molecule has 1 rings (SSSR count). The Morgan fingerprint density at radius 2 is 2.50 bits per heavy atom. The molecule has 3 N–H and O–H groups in total. The molecule has 1 aromatic rings. The Morgan fingerprint density at radius 1 is 1.79 bits per heavy atom. The van der Waals surface area contributed by atoms with E-state index in [1.807, 2.05) is 19.2 Å². The number of nitrogens with one attached hydrogen (secondary N) is 1. The summed E-state index contributed by atoms with van der Waals surface area (Å²) in [5.74, 6) is -0.00769. The van der Waals surface area contributed by atoms with Crippen molar-refractivity contribution in [2.24, 2.45) is 5.73 Å². The first-order chi connectivity index (χ1) is 6.61. The highest BCUT2D eigenvalue weighted by Crippen LogP contribution is 2.16. The van der Waals surface area contributed by atoms with E-state index in [1.165, 1.54) is 11.3 Å². The Morgan fingerprint density at radius 3 is 3.07 bits per heavy atom. The lowest BCUT2D eigenvalue weighted by Gasteiger charge is -2.00. The summed E-state index contributed by atoms with van der Waals surface area (Å²) in [4.78, 5) is 15.3. The fraction of sp³-hybridized carbons (Fsp3) is 0.556. The highest BCUT2D eigenvalue weighted by atomic mass is 32.1. The Kier molecular flexibility index (Phi) is 4.03. The maximum atomic E-state index is 11.0. The van der Waals surface area contributed by atoms with Crippen molar-refractivity contribution in [1.82, 2.24) is 4.98 Å². The number of carbonyl (C=O) groups is 1. The first-order valence-corrected chi connectivity index (χ1v) is 5.49. The number of carbonyl (C=O) groups excluding carboxylic acids is 1. The number of rotatable bonds is 4. The molecule has 0 radical (unpaired) electrons. The summed E-state index contributed by atoms with van der Waals surface area (Å²) in [6.45, 7) is 3.75. The average molecular weight is 213 g/mol. The van der Waals surface area contributed by atoms with Crippen LogP contribution in [0.15, 0.2) is 5.38 Å². The number of hydrogen-bond acceptors (Lipinski definition) is 4. The zero-order valence-corrected chi connectivity index (χ0v) is 9.23. The minimum Gasteiger partial charge on any atom is -0.328 e. The standard InChI is InChI=1S/C9H15N3OS/c1-3-8(13)12-9-11-7(5-14-9)4-6(2)10/h5-6H,3-4,10H2,1-2H3,(H,11,12,13). The van der Waals surface area contributed by atoms with Crippen LogP contribution in [0.5, 0.6) is 0 Å². The molecule has 14 heavy (non-hydrogen) atoms. The van der Waals surface area contributed by atoms with Crippen molar-refractivity contribution in [3.63, 3.8) is 0 Å². The van der Waals surface area contributed by atoms with Gasteiger partial charge in [-0.1, -0.05) is 6.92 Å². The van der Waals surface area contributed by atoms with Gasteiger partial charge in [0.15, 0.2) is 5.13 Å². The van der Waals surface area contributed by atoms with Crippen molar-refractivity contribution in [2.45, 2.75) is 32.7 Å². The van der Waals surface area contributed by atoms with Crippen molar-refractivity contribution in [3.05, 3.63) is 11.1 Å². The second-order valence-corrected chi connectivity index (χ2v) is 4.09. The van der Waals surface area contributed by atoms with Gasteiger partial charge in [-0.25, -0.2) is 4.98 Å². The molecule has 1 aromatic heterocycles. The lowest BCUT2D eigenvalue weighted by molar-refractivity contribution is -0.115. The summed E-state index contributed by atoms with van der Waals surface area (Å²) < 4.78 is 0. The number of aromatic nitrogens is 1. The number of hydrogen-bond donors (Lipinski definition) is 2. The second kappa shape index (κ2) is 5.07. The normalized spacial score (nSPS) is 12.5. The first kappa shape index (κ1) is 11.1. The van der Waals surface area contributed by atoms with E-state index in [4.69, 9.17) is 5.73 Å². The smallest absolute Gasteiger partial charge is 0.225 e. The van der Waals surface area contributed by atoms with Crippen LogP contribution in [-0.4, -0.2) is 16.9 Å². The van der Waals surface area contributed by atoms with Gasteiger partial charge in [0.1, 0.15) is 0 Å². The van der Waals surface area contributed by atoms with Gasteiger partial charge in [0, 0.05) is 24.3 Å². The Balaban J connectivity index is 2.55. The number of thiazole rings is 1. The molecule has 4 nitrogen and oxygen atoms in total. The molecule has 0 aliphatic heterocycles. The van der Waals surface area contributed by atoms with E-state index in [-0.39, 0.29) is 11.9 Å². The third-order valence-electron chi connectivity index (χ3n) is 1.65. The van der Waals surface area contributed by atoms with E-state index in [1.54, 1.807) is 0 Å². The molecular formula is C9H15N3OS. The van der Waals surface area contributed by atoms with E-state index >= 15 is 0 Å². The zero-order chi connectivity index (χ0) is 10.6. The molecule has 5 heteroatoms. The van der Waals surface area contributed by atoms with E-state index in [9.17, 15) is 4.79 Å². The molecule has 0 aromatic carbocycles. The maximum Gasteiger partial charge on any atom is 0.225 e. The summed E-state index contributed by atoms with van der Waals surface area (Å²) in [6, 6.07) is 0.104. The van der Waals surface area contributed by atoms with Crippen molar-refractivity contribution in [1.29, 1.82) is 0 Å². The van der Waals surface area contributed by atoms with Gasteiger partial charge in [0.05, 0.1) is 5.69 Å². The minimum atomic E-state index is -0.00769. The van der Waals surface area contributed by atoms with Crippen LogP contribution in [0.25, 0.3) is 0 Å². The lowest BCUT2D eigenvalue weighted by Crippen LogP contribution is -2.18. The first-order valence-electron chi connectivity index (χ1n) is 4.61. The number of nitrogens with zero attached hydrogens (tertiary/aromatic N) is 1. The third kappa shape index (κ3) is 3.43. The van der Waals surface area contributed by atoms with Crippen molar-refractivity contribution >= 4 is 22.4 Å². The van der Waals surface area contributed by atoms with Gasteiger partial charge < -0.3 is 11.1 Å². The predicted octanol–water partition coefficient (Wildman–Crippen LogP) is 1.38. The van der Waals surface area contributed by atoms with Crippen molar-refractivity contribution < 1.29 is 4.79 Å². The summed E-state index contributed by atoms with van der Waals surface area (Å²) >= 11 is 1.44. The zero-order valence-electron chi connectivity index (χ0n) is 8.41. The molecule has 1 unspecified atom stereocenters. The van der Waals surface area contributed by atoms with Crippen LogP contribution in [-0.2, 0) is 11.2 Å². The molecule has 78 valence electrons. The molecular weight excluding hydrogens is 198 g/mol. The fourth-order valence-electron chi connectivity index (χ4n) is 0.996. The maximum absolute atomic E-state index is 11.0. The topological polar surface area (TPSA) is 68.0 Å². The van der Waals surface area contributed by atoms with E-state index in [2.05, 4.69) is 10.3 Å². The van der Waals surface area contributed by atoms with Crippen LogP contribution in [0.1, 0.15) is 26.0 Å². The van der Waals surface area contributed by atoms with Gasteiger partial charge in [-0.05, 0) is 6.92 Å². The minimum absolute atomic E-state index is 0.00769. The molecule has 0 aliphatic carbocycles. The Bertz CT molecular complexity index is 309. The molecule has 1 atom stereocenters. The van der Waals surface area contributed by atoms with Gasteiger partial charge in [-0.15, -0.1) is 11.3 Å². The van der Waals surface area contributed by atoms with Crippen LogP contribution >= 0.6 is 11.3 Å². The van der Waals surface area contributed by atoms with E-state index in [0.717, 1.165) is 12.1 Å². The highest BCUT2D eigenvalue weighted by Gasteiger charge is 2.05. The van der Waals surface area contributed by atoms with Crippen LogP contribution < -0.4 is 11.1 Å². The number of nitrogens with two attached hydrogens (primary N) is 1. The van der Waals surface area contributed by atoms with E-state index in [0.29, 0.717) is 11.6 Å². The molecule has 0 spiro atoms. The monoisotopic (exact) mass is 213 g/mol. The number of anilines is 1. The SMILES string of the molecule is CCC(=O)Nc1nc(CC(C)N)cs1. The van der Waals surface area contributed by atoms with Crippen molar-refractivity contribution in [2.75, 3.05) is 5.32 Å². The Hall–Kier alpha value is -0.940. The van der Waals surface area contributed by atoms with Gasteiger partial charge in [0.2, 0.25) is 5.91 Å². The number of amides is 1. The van der Waals surface area contributed by atoms with Gasteiger partial charge >= 0.3 is 0 Å². The van der Waals surface area contributed by atoms with Gasteiger partial charge in [-0.2, -0.15) is 0 Å². The van der Waals surface area contributed by atoms with Crippen LogP contribution in [0, 0.1) is 0 Å². The summed E-state index contributed by atoms with van der Waals surface area (Å²) in [5, 5.41) is 5.30. The third-order valence-corrected chi connectivity index (χ3v) is 2.46. The molecule has 0 saturated carbocycles. The molecule has 0 aliphatic rings. The van der Waals surface area contributed by atoms with Gasteiger partial charge in [-0.3, -0.25) is 4.79 Å². The molecule has 0 fully saturated rings. The summed E-state index contributed by atoms with van der Waals surface area (Å²) in [5.41, 5.74) is 6.58. The average Bonchev–Trinajstić information content (AvgIpc) is 2.51. The van der Waals surface area contributed by atoms with Crippen LogP contribution in [0.4, 0.5) is 5.13 Å².